The number of benzene rings is 2. The summed E-state index contributed by atoms with van der Waals surface area (Å²) in [5.74, 6) is -0.155. The number of para-hydroxylation sites is 1. The second-order valence-electron chi connectivity index (χ2n) is 5.21. The highest BCUT2D eigenvalue weighted by molar-refractivity contribution is 5.90. The molecule has 2 aromatic rings. The Morgan fingerprint density at radius 1 is 1.11 bits per heavy atom. The van der Waals surface area contributed by atoms with E-state index in [1.54, 1.807) is 0 Å². The minimum absolute atomic E-state index is 0.0719. The molecule has 0 heterocycles. The Balaban J connectivity index is 2.04. The number of hydrogen-bond donors (Lipinski definition) is 2. The van der Waals surface area contributed by atoms with Crippen molar-refractivity contribution >= 4 is 11.7 Å². The second kappa shape index (κ2) is 8.56. The minimum atomic E-state index is -4.62. The largest absolute Gasteiger partial charge is 0.493 e. The van der Waals surface area contributed by atoms with Gasteiger partial charge in [0, 0.05) is 6.54 Å². The van der Waals surface area contributed by atoms with Gasteiger partial charge in [-0.3, -0.25) is 0 Å². The van der Waals surface area contributed by atoms with Crippen molar-refractivity contribution in [3.63, 3.8) is 0 Å². The number of ether oxygens (including phenoxy) is 2. The SMILES string of the molecule is COc1ccc(CNC(=O)Nc2ccccc2C(F)(F)F)cc1OC(F)F. The topological polar surface area (TPSA) is 59.6 Å². The molecule has 0 unspecified atom stereocenters. The smallest absolute Gasteiger partial charge is 0.418 e. The third kappa shape index (κ3) is 5.73. The summed E-state index contributed by atoms with van der Waals surface area (Å²) in [6, 6.07) is 7.70. The fourth-order valence-electron chi connectivity index (χ4n) is 2.21. The van der Waals surface area contributed by atoms with Gasteiger partial charge in [0.1, 0.15) is 0 Å². The molecule has 0 fully saturated rings. The highest BCUT2D eigenvalue weighted by Crippen LogP contribution is 2.34. The molecular weight excluding hydrogens is 375 g/mol. The molecule has 2 N–H and O–H groups in total. The summed E-state index contributed by atoms with van der Waals surface area (Å²) < 4.78 is 72.8. The highest BCUT2D eigenvalue weighted by atomic mass is 19.4. The zero-order chi connectivity index (χ0) is 20.0. The Morgan fingerprint density at radius 3 is 2.44 bits per heavy atom. The van der Waals surface area contributed by atoms with Crippen molar-refractivity contribution in [2.45, 2.75) is 19.3 Å². The first-order chi connectivity index (χ1) is 12.7. The molecule has 2 amide bonds. The van der Waals surface area contributed by atoms with Crippen LogP contribution in [0.3, 0.4) is 0 Å². The number of carbonyl (C=O) groups is 1. The zero-order valence-electron chi connectivity index (χ0n) is 13.9. The molecule has 0 spiro atoms. The second-order valence-corrected chi connectivity index (χ2v) is 5.21. The molecule has 0 saturated carbocycles. The quantitative estimate of drug-likeness (QED) is 0.707. The lowest BCUT2D eigenvalue weighted by Crippen LogP contribution is -2.29. The maximum absolute atomic E-state index is 12.9. The first-order valence-corrected chi connectivity index (χ1v) is 7.53. The summed E-state index contributed by atoms with van der Waals surface area (Å²) in [6.45, 7) is -3.20. The molecule has 0 saturated heterocycles. The van der Waals surface area contributed by atoms with Crippen molar-refractivity contribution in [3.05, 3.63) is 53.6 Å². The maximum atomic E-state index is 12.9. The van der Waals surface area contributed by atoms with E-state index in [-0.39, 0.29) is 18.0 Å². The van der Waals surface area contributed by atoms with E-state index in [1.807, 2.05) is 0 Å². The molecule has 0 aliphatic heterocycles. The summed E-state index contributed by atoms with van der Waals surface area (Å²) in [4.78, 5) is 11.9. The van der Waals surface area contributed by atoms with Crippen LogP contribution in [0.5, 0.6) is 11.5 Å². The van der Waals surface area contributed by atoms with E-state index < -0.39 is 30.1 Å². The molecule has 2 aromatic carbocycles. The molecule has 10 heteroatoms. The third-order valence-corrected chi connectivity index (χ3v) is 3.38. The van der Waals surface area contributed by atoms with Crippen LogP contribution in [-0.4, -0.2) is 19.8 Å². The lowest BCUT2D eigenvalue weighted by Gasteiger charge is -2.15. The number of rotatable bonds is 6. The summed E-state index contributed by atoms with van der Waals surface area (Å²) >= 11 is 0. The first-order valence-electron chi connectivity index (χ1n) is 7.53. The Kier molecular flexibility index (Phi) is 6.43. The van der Waals surface area contributed by atoms with Crippen LogP contribution >= 0.6 is 0 Å². The van der Waals surface area contributed by atoms with Crippen LogP contribution in [0.2, 0.25) is 0 Å². The molecule has 0 bridgehead atoms. The lowest BCUT2D eigenvalue weighted by molar-refractivity contribution is -0.136. The minimum Gasteiger partial charge on any atom is -0.493 e. The van der Waals surface area contributed by atoms with Gasteiger partial charge in [-0.05, 0) is 29.8 Å². The van der Waals surface area contributed by atoms with Gasteiger partial charge in [-0.2, -0.15) is 22.0 Å². The first kappa shape index (κ1) is 20.3. The van der Waals surface area contributed by atoms with Gasteiger partial charge in [0.05, 0.1) is 18.4 Å². The summed E-state index contributed by atoms with van der Waals surface area (Å²) in [5, 5.41) is 4.45. The molecule has 0 aliphatic rings. The number of hydrogen-bond acceptors (Lipinski definition) is 3. The van der Waals surface area contributed by atoms with Gasteiger partial charge < -0.3 is 20.1 Å². The van der Waals surface area contributed by atoms with Crippen molar-refractivity contribution < 1.29 is 36.2 Å². The van der Waals surface area contributed by atoms with E-state index in [9.17, 15) is 26.7 Å². The lowest BCUT2D eigenvalue weighted by atomic mass is 10.1. The number of urea groups is 1. The summed E-state index contributed by atoms with van der Waals surface area (Å²) in [7, 11) is 1.27. The van der Waals surface area contributed by atoms with E-state index in [4.69, 9.17) is 4.74 Å². The van der Waals surface area contributed by atoms with Gasteiger partial charge in [0.15, 0.2) is 11.5 Å². The van der Waals surface area contributed by atoms with Crippen LogP contribution < -0.4 is 20.1 Å². The van der Waals surface area contributed by atoms with E-state index in [0.29, 0.717) is 5.56 Å². The number of alkyl halides is 5. The van der Waals surface area contributed by atoms with Crippen LogP contribution in [0, 0.1) is 0 Å². The molecule has 2 rings (SSSR count). The number of nitrogens with one attached hydrogen (secondary N) is 2. The third-order valence-electron chi connectivity index (χ3n) is 3.38. The van der Waals surface area contributed by atoms with Crippen LogP contribution in [-0.2, 0) is 12.7 Å². The van der Waals surface area contributed by atoms with Crippen molar-refractivity contribution in [1.82, 2.24) is 5.32 Å². The molecular formula is C17H15F5N2O3. The van der Waals surface area contributed by atoms with Gasteiger partial charge in [-0.15, -0.1) is 0 Å². The average Bonchev–Trinajstić information content (AvgIpc) is 2.59. The molecule has 0 aliphatic carbocycles. The monoisotopic (exact) mass is 390 g/mol. The molecule has 0 aromatic heterocycles. The molecule has 27 heavy (non-hydrogen) atoms. The Labute approximate surface area is 151 Å². The number of anilines is 1. The van der Waals surface area contributed by atoms with Crippen molar-refractivity contribution in [2.24, 2.45) is 0 Å². The normalized spacial score (nSPS) is 11.2. The van der Waals surface area contributed by atoms with Gasteiger partial charge >= 0.3 is 18.8 Å². The number of amides is 2. The Morgan fingerprint density at radius 2 is 1.81 bits per heavy atom. The molecule has 5 nitrogen and oxygen atoms in total. The van der Waals surface area contributed by atoms with Gasteiger partial charge in [0.2, 0.25) is 0 Å². The van der Waals surface area contributed by atoms with Gasteiger partial charge in [-0.1, -0.05) is 18.2 Å². The van der Waals surface area contributed by atoms with E-state index in [1.165, 1.54) is 37.4 Å². The number of halogens is 5. The van der Waals surface area contributed by atoms with E-state index >= 15 is 0 Å². The fourth-order valence-corrected chi connectivity index (χ4v) is 2.21. The van der Waals surface area contributed by atoms with Crippen molar-refractivity contribution in [2.75, 3.05) is 12.4 Å². The number of methoxy groups -OCH3 is 1. The van der Waals surface area contributed by atoms with Crippen LogP contribution in [0.25, 0.3) is 0 Å². The standard InChI is InChI=1S/C17H15F5N2O3/c1-26-13-7-6-10(8-14(13)27-15(18)19)9-23-16(25)24-12-5-3-2-4-11(12)17(20,21)22/h2-8,15H,9H2,1H3,(H2,23,24,25). The van der Waals surface area contributed by atoms with E-state index in [2.05, 4.69) is 15.4 Å². The van der Waals surface area contributed by atoms with E-state index in [0.717, 1.165) is 12.1 Å². The molecule has 0 radical (unpaired) electrons. The van der Waals surface area contributed by atoms with Crippen molar-refractivity contribution in [3.8, 4) is 11.5 Å². The zero-order valence-corrected chi connectivity index (χ0v) is 13.9. The Bertz CT molecular complexity index is 796. The van der Waals surface area contributed by atoms with Crippen molar-refractivity contribution in [1.29, 1.82) is 0 Å². The fraction of sp³-hybridized carbons (Fsp3) is 0.235. The van der Waals surface area contributed by atoms with Crippen LogP contribution in [0.1, 0.15) is 11.1 Å². The molecule has 0 atom stereocenters. The van der Waals surface area contributed by atoms with Gasteiger partial charge in [-0.25, -0.2) is 4.79 Å². The Hall–Kier alpha value is -3.04. The van der Waals surface area contributed by atoms with Gasteiger partial charge in [0.25, 0.3) is 0 Å². The predicted molar refractivity (Wildman–Crippen MR) is 86.9 cm³/mol. The van der Waals surface area contributed by atoms with Crippen LogP contribution in [0.15, 0.2) is 42.5 Å². The van der Waals surface area contributed by atoms with Crippen LogP contribution in [0.4, 0.5) is 32.4 Å². The average molecular weight is 390 g/mol. The summed E-state index contributed by atoms with van der Waals surface area (Å²) in [6.07, 6.45) is -4.62. The summed E-state index contributed by atoms with van der Waals surface area (Å²) in [5.41, 5.74) is -1.01. The molecule has 146 valence electrons. The predicted octanol–water partition coefficient (Wildman–Crippen LogP) is 4.64. The maximum Gasteiger partial charge on any atom is 0.418 e. The number of carbonyl (C=O) groups excluding carboxylic acids is 1. The highest BCUT2D eigenvalue weighted by Gasteiger charge is 2.33.